The minimum Gasteiger partial charge on any atom is -0.461 e. The van der Waals surface area contributed by atoms with E-state index in [1.165, 1.54) is 5.56 Å². The van der Waals surface area contributed by atoms with Crippen LogP contribution in [0.1, 0.15) is 18.6 Å². The zero-order valence-electron chi connectivity index (χ0n) is 7.36. The van der Waals surface area contributed by atoms with Crippen LogP contribution < -0.4 is 5.32 Å². The lowest BCUT2D eigenvalue weighted by molar-refractivity contribution is 0.214. The van der Waals surface area contributed by atoms with Gasteiger partial charge in [0.2, 0.25) is 0 Å². The minimum atomic E-state index is 0.0636. The Labute approximate surface area is 82.9 Å². The quantitative estimate of drug-likeness (QED) is 0.689. The van der Waals surface area contributed by atoms with Gasteiger partial charge >= 0.3 is 0 Å². The van der Waals surface area contributed by atoms with Gasteiger partial charge in [-0.3, -0.25) is 0 Å². The van der Waals surface area contributed by atoms with Crippen molar-refractivity contribution in [1.82, 2.24) is 5.32 Å². The number of hydrogen-bond acceptors (Lipinski definition) is 2. The molecule has 3 heteroatoms. The molecule has 0 radical (unpaired) electrons. The molecule has 0 spiro atoms. The maximum atomic E-state index is 5.48. The van der Waals surface area contributed by atoms with E-state index in [9.17, 15) is 0 Å². The summed E-state index contributed by atoms with van der Waals surface area (Å²) in [6.07, 6.45) is 0.0636. The molecular formula is C10H11NOS. The summed E-state index contributed by atoms with van der Waals surface area (Å²) in [6.45, 7) is 2.07. The molecule has 0 saturated carbocycles. The molecule has 2 rings (SSSR count). The van der Waals surface area contributed by atoms with Gasteiger partial charge in [0.15, 0.2) is 0 Å². The molecule has 0 aromatic heterocycles. The van der Waals surface area contributed by atoms with Crippen LogP contribution in [0.4, 0.5) is 0 Å². The maximum absolute atomic E-state index is 5.48. The Morgan fingerprint density at radius 1 is 1.31 bits per heavy atom. The van der Waals surface area contributed by atoms with Crippen molar-refractivity contribution >= 4 is 17.4 Å². The SMILES string of the molecule is CC1NC(=S)OC1c1ccccc1. The van der Waals surface area contributed by atoms with Gasteiger partial charge in [-0.05, 0) is 24.7 Å². The van der Waals surface area contributed by atoms with Crippen molar-refractivity contribution in [3.8, 4) is 0 Å². The van der Waals surface area contributed by atoms with Crippen molar-refractivity contribution in [2.75, 3.05) is 0 Å². The second-order valence-corrected chi connectivity index (χ2v) is 3.54. The third-order valence-electron chi connectivity index (χ3n) is 2.16. The van der Waals surface area contributed by atoms with Crippen LogP contribution in [0.25, 0.3) is 0 Å². The lowest BCUT2D eigenvalue weighted by atomic mass is 10.0. The third-order valence-corrected chi connectivity index (χ3v) is 2.38. The van der Waals surface area contributed by atoms with E-state index in [1.54, 1.807) is 0 Å². The Bertz CT molecular complexity index is 312. The lowest BCUT2D eigenvalue weighted by Crippen LogP contribution is -2.23. The van der Waals surface area contributed by atoms with Gasteiger partial charge in [0.05, 0.1) is 6.04 Å². The maximum Gasteiger partial charge on any atom is 0.257 e. The Morgan fingerprint density at radius 2 is 2.00 bits per heavy atom. The van der Waals surface area contributed by atoms with Gasteiger partial charge in [-0.25, -0.2) is 0 Å². The number of rotatable bonds is 1. The average molecular weight is 193 g/mol. The molecule has 1 aromatic carbocycles. The second kappa shape index (κ2) is 3.34. The number of hydrogen-bond donors (Lipinski definition) is 1. The highest BCUT2D eigenvalue weighted by Gasteiger charge is 2.28. The smallest absolute Gasteiger partial charge is 0.257 e. The predicted molar refractivity (Wildman–Crippen MR) is 55.5 cm³/mol. The topological polar surface area (TPSA) is 21.3 Å². The van der Waals surface area contributed by atoms with E-state index in [0.717, 1.165) is 0 Å². The Hall–Kier alpha value is -1.09. The van der Waals surface area contributed by atoms with Crippen molar-refractivity contribution in [1.29, 1.82) is 0 Å². The first-order valence-electron chi connectivity index (χ1n) is 4.29. The molecule has 1 saturated heterocycles. The summed E-state index contributed by atoms with van der Waals surface area (Å²) in [4.78, 5) is 0. The first kappa shape index (κ1) is 8.51. The molecule has 1 heterocycles. The highest BCUT2D eigenvalue weighted by molar-refractivity contribution is 7.80. The van der Waals surface area contributed by atoms with Crippen molar-refractivity contribution in [2.24, 2.45) is 0 Å². The van der Waals surface area contributed by atoms with E-state index in [4.69, 9.17) is 17.0 Å². The van der Waals surface area contributed by atoms with E-state index in [1.807, 2.05) is 18.2 Å². The van der Waals surface area contributed by atoms with Gasteiger partial charge in [-0.1, -0.05) is 30.3 Å². The van der Waals surface area contributed by atoms with E-state index in [0.29, 0.717) is 5.17 Å². The van der Waals surface area contributed by atoms with Crippen LogP contribution in [0.3, 0.4) is 0 Å². The summed E-state index contributed by atoms with van der Waals surface area (Å²) in [5.74, 6) is 0. The van der Waals surface area contributed by atoms with Gasteiger partial charge in [0.25, 0.3) is 5.17 Å². The first-order chi connectivity index (χ1) is 6.27. The summed E-state index contributed by atoms with van der Waals surface area (Å²) in [5, 5.41) is 3.58. The highest BCUT2D eigenvalue weighted by Crippen LogP contribution is 2.25. The summed E-state index contributed by atoms with van der Waals surface area (Å²) in [5.41, 5.74) is 1.17. The lowest BCUT2D eigenvalue weighted by Gasteiger charge is -2.12. The monoisotopic (exact) mass is 193 g/mol. The van der Waals surface area contributed by atoms with Gasteiger partial charge < -0.3 is 10.1 Å². The number of thiocarbonyl (C=S) groups is 1. The molecule has 13 heavy (non-hydrogen) atoms. The Morgan fingerprint density at radius 3 is 2.54 bits per heavy atom. The van der Waals surface area contributed by atoms with Gasteiger partial charge in [0.1, 0.15) is 6.10 Å². The average Bonchev–Trinajstić information content (AvgIpc) is 2.47. The fourth-order valence-electron chi connectivity index (χ4n) is 1.51. The van der Waals surface area contributed by atoms with Crippen LogP contribution >= 0.6 is 12.2 Å². The zero-order valence-corrected chi connectivity index (χ0v) is 8.17. The summed E-state index contributed by atoms with van der Waals surface area (Å²) in [7, 11) is 0. The largest absolute Gasteiger partial charge is 0.461 e. The summed E-state index contributed by atoms with van der Waals surface area (Å²) in [6, 6.07) is 10.4. The van der Waals surface area contributed by atoms with Gasteiger partial charge in [-0.2, -0.15) is 0 Å². The standard InChI is InChI=1S/C10H11NOS/c1-7-9(12-10(13)11-7)8-5-3-2-4-6-8/h2-7,9H,1H3,(H,11,13). The normalized spacial score (nSPS) is 26.7. The number of benzene rings is 1. The fourth-order valence-corrected chi connectivity index (χ4v) is 1.80. The number of nitrogens with one attached hydrogen (secondary N) is 1. The molecule has 1 aromatic rings. The Kier molecular flexibility index (Phi) is 2.19. The molecule has 2 unspecified atom stereocenters. The molecular weight excluding hydrogens is 182 g/mol. The van der Waals surface area contributed by atoms with Gasteiger partial charge in [0, 0.05) is 0 Å². The second-order valence-electron chi connectivity index (χ2n) is 3.17. The molecule has 68 valence electrons. The van der Waals surface area contributed by atoms with Crippen LogP contribution in [0.2, 0.25) is 0 Å². The highest BCUT2D eigenvalue weighted by atomic mass is 32.1. The predicted octanol–water partition coefficient (Wildman–Crippen LogP) is 2.02. The van der Waals surface area contributed by atoms with Crippen molar-refractivity contribution < 1.29 is 4.74 Å². The molecule has 1 fully saturated rings. The molecule has 2 nitrogen and oxygen atoms in total. The van der Waals surface area contributed by atoms with Crippen LogP contribution in [0.5, 0.6) is 0 Å². The van der Waals surface area contributed by atoms with E-state index in [-0.39, 0.29) is 12.1 Å². The summed E-state index contributed by atoms with van der Waals surface area (Å²) >= 11 is 4.94. The molecule has 2 atom stereocenters. The van der Waals surface area contributed by atoms with E-state index < -0.39 is 0 Å². The van der Waals surface area contributed by atoms with Crippen LogP contribution in [-0.2, 0) is 4.74 Å². The molecule has 0 amide bonds. The van der Waals surface area contributed by atoms with Gasteiger partial charge in [-0.15, -0.1) is 0 Å². The third kappa shape index (κ3) is 1.65. The molecule has 1 aliphatic heterocycles. The van der Waals surface area contributed by atoms with E-state index >= 15 is 0 Å². The van der Waals surface area contributed by atoms with Crippen LogP contribution in [0, 0.1) is 0 Å². The molecule has 0 aliphatic carbocycles. The summed E-state index contributed by atoms with van der Waals surface area (Å²) < 4.78 is 5.48. The molecule has 1 N–H and O–H groups in total. The molecule has 0 bridgehead atoms. The fraction of sp³-hybridized carbons (Fsp3) is 0.300. The molecule has 1 aliphatic rings. The van der Waals surface area contributed by atoms with Crippen LogP contribution in [0.15, 0.2) is 30.3 Å². The van der Waals surface area contributed by atoms with Crippen LogP contribution in [-0.4, -0.2) is 11.2 Å². The minimum absolute atomic E-state index is 0.0636. The first-order valence-corrected chi connectivity index (χ1v) is 4.70. The van der Waals surface area contributed by atoms with Crippen molar-refractivity contribution in [2.45, 2.75) is 19.1 Å². The Balaban J connectivity index is 2.23. The zero-order chi connectivity index (χ0) is 9.26. The van der Waals surface area contributed by atoms with Crippen molar-refractivity contribution in [3.63, 3.8) is 0 Å². The van der Waals surface area contributed by atoms with E-state index in [2.05, 4.69) is 24.4 Å². The van der Waals surface area contributed by atoms with Crippen molar-refractivity contribution in [3.05, 3.63) is 35.9 Å². The number of ether oxygens (including phenoxy) is 1.